The van der Waals surface area contributed by atoms with E-state index in [0.717, 1.165) is 5.75 Å². The van der Waals surface area contributed by atoms with Crippen LogP contribution in [0, 0.1) is 0 Å². The zero-order valence-electron chi connectivity index (χ0n) is 12.6. The number of carbonyl (C=O) groups excluding carboxylic acids is 1. The van der Waals surface area contributed by atoms with Crippen molar-refractivity contribution >= 4 is 17.6 Å². The molecular formula is C17H17ClO5. The number of carbonyl (C=O) groups is 1. The Morgan fingerprint density at radius 2 is 1.70 bits per heavy atom. The number of hydrogen-bond donors (Lipinski definition) is 1. The van der Waals surface area contributed by atoms with Crippen LogP contribution in [0.3, 0.4) is 0 Å². The van der Waals surface area contributed by atoms with Crippen LogP contribution in [0.5, 0.6) is 17.2 Å². The fourth-order valence-electron chi connectivity index (χ4n) is 1.84. The van der Waals surface area contributed by atoms with Gasteiger partial charge in [0.2, 0.25) is 0 Å². The molecule has 0 aromatic heterocycles. The summed E-state index contributed by atoms with van der Waals surface area (Å²) in [5.74, 6) is 0.588. The van der Waals surface area contributed by atoms with Crippen molar-refractivity contribution in [2.45, 2.75) is 6.92 Å². The number of halogens is 1. The molecule has 2 aromatic carbocycles. The summed E-state index contributed by atoms with van der Waals surface area (Å²) < 4.78 is 15.8. The first kappa shape index (κ1) is 17.0. The average molecular weight is 337 g/mol. The van der Waals surface area contributed by atoms with Gasteiger partial charge in [-0.05, 0) is 49.4 Å². The zero-order valence-corrected chi connectivity index (χ0v) is 13.4. The fraction of sp³-hybridized carbons (Fsp3) is 0.235. The summed E-state index contributed by atoms with van der Waals surface area (Å²) in [7, 11) is 0. The molecule has 2 rings (SSSR count). The Morgan fingerprint density at radius 3 is 2.35 bits per heavy atom. The molecule has 122 valence electrons. The van der Waals surface area contributed by atoms with Gasteiger partial charge in [0.1, 0.15) is 36.0 Å². The fourth-order valence-corrected chi connectivity index (χ4v) is 2.01. The van der Waals surface area contributed by atoms with Crippen LogP contribution in [0.2, 0.25) is 5.02 Å². The number of esters is 1. The van der Waals surface area contributed by atoms with E-state index in [2.05, 4.69) is 0 Å². The van der Waals surface area contributed by atoms with Crippen molar-refractivity contribution in [3.05, 3.63) is 53.1 Å². The van der Waals surface area contributed by atoms with Crippen molar-refractivity contribution in [3.8, 4) is 17.2 Å². The summed E-state index contributed by atoms with van der Waals surface area (Å²) in [5.41, 5.74) is 0.0265. The highest BCUT2D eigenvalue weighted by atomic mass is 35.5. The van der Waals surface area contributed by atoms with Crippen molar-refractivity contribution in [1.29, 1.82) is 0 Å². The Balaban J connectivity index is 1.78. The van der Waals surface area contributed by atoms with Crippen LogP contribution in [0.1, 0.15) is 17.3 Å². The summed E-state index contributed by atoms with van der Waals surface area (Å²) in [6.45, 7) is 2.77. The molecule has 1 N–H and O–H groups in total. The monoisotopic (exact) mass is 336 g/mol. The summed E-state index contributed by atoms with van der Waals surface area (Å²) >= 11 is 5.78. The third-order valence-electron chi connectivity index (χ3n) is 2.90. The SMILES string of the molecule is CCOc1ccc(OCCOC(=O)c2cc(Cl)ccc2O)cc1. The van der Waals surface area contributed by atoms with Crippen LogP contribution >= 0.6 is 11.6 Å². The minimum absolute atomic E-state index is 0.0265. The minimum atomic E-state index is -0.653. The Bertz CT molecular complexity index is 655. The second-order valence-corrected chi connectivity index (χ2v) is 4.99. The highest BCUT2D eigenvalue weighted by Gasteiger charge is 2.13. The topological polar surface area (TPSA) is 65.0 Å². The summed E-state index contributed by atoms with van der Waals surface area (Å²) in [5, 5.41) is 9.95. The smallest absolute Gasteiger partial charge is 0.342 e. The van der Waals surface area contributed by atoms with Crippen LogP contribution in [0.15, 0.2) is 42.5 Å². The molecule has 6 heteroatoms. The molecule has 0 aliphatic carbocycles. The van der Waals surface area contributed by atoms with Gasteiger partial charge in [-0.1, -0.05) is 11.6 Å². The van der Waals surface area contributed by atoms with Gasteiger partial charge >= 0.3 is 5.97 Å². The summed E-state index contributed by atoms with van der Waals surface area (Å²) in [6, 6.07) is 11.3. The molecule has 0 saturated carbocycles. The van der Waals surface area contributed by atoms with Crippen LogP contribution < -0.4 is 9.47 Å². The second-order valence-electron chi connectivity index (χ2n) is 4.55. The predicted octanol–water partition coefficient (Wildman–Crippen LogP) is 3.68. The number of rotatable bonds is 7. The third kappa shape index (κ3) is 5.07. The molecule has 2 aromatic rings. The van der Waals surface area contributed by atoms with Gasteiger partial charge in [0.25, 0.3) is 0 Å². The first-order valence-corrected chi connectivity index (χ1v) is 7.49. The van der Waals surface area contributed by atoms with Gasteiger partial charge in [0.05, 0.1) is 6.61 Å². The van der Waals surface area contributed by atoms with E-state index in [9.17, 15) is 9.90 Å². The van der Waals surface area contributed by atoms with E-state index in [1.54, 1.807) is 24.3 Å². The van der Waals surface area contributed by atoms with Gasteiger partial charge in [-0.15, -0.1) is 0 Å². The van der Waals surface area contributed by atoms with Gasteiger partial charge in [0.15, 0.2) is 0 Å². The molecule has 0 radical (unpaired) electrons. The van der Waals surface area contributed by atoms with Crippen LogP contribution in [-0.4, -0.2) is 30.9 Å². The van der Waals surface area contributed by atoms with E-state index in [1.807, 2.05) is 6.92 Å². The summed E-state index contributed by atoms with van der Waals surface area (Å²) in [4.78, 5) is 11.8. The Kier molecular flexibility index (Phi) is 6.11. The molecule has 0 aliphatic rings. The van der Waals surface area contributed by atoms with Crippen molar-refractivity contribution in [1.82, 2.24) is 0 Å². The maximum atomic E-state index is 11.8. The Hall–Kier alpha value is -2.40. The van der Waals surface area contributed by atoms with Gasteiger partial charge in [-0.3, -0.25) is 0 Å². The molecule has 0 unspecified atom stereocenters. The quantitative estimate of drug-likeness (QED) is 0.617. The first-order chi connectivity index (χ1) is 11.1. The number of phenolic OH excluding ortho intramolecular Hbond substituents is 1. The number of ether oxygens (including phenoxy) is 3. The molecule has 0 saturated heterocycles. The lowest BCUT2D eigenvalue weighted by Gasteiger charge is -2.09. The molecule has 0 heterocycles. The van der Waals surface area contributed by atoms with Crippen LogP contribution in [0.4, 0.5) is 0 Å². The molecule has 0 amide bonds. The van der Waals surface area contributed by atoms with Gasteiger partial charge in [0, 0.05) is 5.02 Å². The minimum Gasteiger partial charge on any atom is -0.507 e. The van der Waals surface area contributed by atoms with Crippen LogP contribution in [0.25, 0.3) is 0 Å². The van der Waals surface area contributed by atoms with Gasteiger partial charge < -0.3 is 19.3 Å². The van der Waals surface area contributed by atoms with Crippen LogP contribution in [-0.2, 0) is 4.74 Å². The standard InChI is InChI=1S/C17H17ClO5/c1-2-21-13-4-6-14(7-5-13)22-9-10-23-17(20)15-11-12(18)3-8-16(15)19/h3-8,11,19H,2,9-10H2,1H3. The van der Waals surface area contributed by atoms with Gasteiger partial charge in [-0.25, -0.2) is 4.79 Å². The second kappa shape index (κ2) is 8.29. The Labute approximate surface area is 139 Å². The molecular weight excluding hydrogens is 320 g/mol. The normalized spacial score (nSPS) is 10.2. The molecule has 0 bridgehead atoms. The van der Waals surface area contributed by atoms with Crippen molar-refractivity contribution < 1.29 is 24.1 Å². The molecule has 0 aliphatic heterocycles. The van der Waals surface area contributed by atoms with Crippen molar-refractivity contribution in [2.24, 2.45) is 0 Å². The third-order valence-corrected chi connectivity index (χ3v) is 3.13. The molecule has 0 atom stereocenters. The lowest BCUT2D eigenvalue weighted by atomic mass is 10.2. The predicted molar refractivity (Wildman–Crippen MR) is 86.5 cm³/mol. The van der Waals surface area contributed by atoms with E-state index >= 15 is 0 Å². The number of phenols is 1. The van der Waals surface area contributed by atoms with Crippen molar-refractivity contribution in [3.63, 3.8) is 0 Å². The van der Waals surface area contributed by atoms with E-state index < -0.39 is 5.97 Å². The lowest BCUT2D eigenvalue weighted by molar-refractivity contribution is 0.0447. The number of hydrogen-bond acceptors (Lipinski definition) is 5. The largest absolute Gasteiger partial charge is 0.507 e. The maximum absolute atomic E-state index is 11.8. The highest BCUT2D eigenvalue weighted by Crippen LogP contribution is 2.22. The molecule has 23 heavy (non-hydrogen) atoms. The molecule has 5 nitrogen and oxygen atoms in total. The number of benzene rings is 2. The molecule has 0 fully saturated rings. The number of aromatic hydroxyl groups is 1. The van der Waals surface area contributed by atoms with E-state index in [-0.39, 0.29) is 24.5 Å². The highest BCUT2D eigenvalue weighted by molar-refractivity contribution is 6.31. The zero-order chi connectivity index (χ0) is 16.7. The average Bonchev–Trinajstić information content (AvgIpc) is 2.55. The lowest BCUT2D eigenvalue weighted by Crippen LogP contribution is -2.12. The van der Waals surface area contributed by atoms with E-state index in [1.165, 1.54) is 18.2 Å². The maximum Gasteiger partial charge on any atom is 0.342 e. The van der Waals surface area contributed by atoms with Crippen molar-refractivity contribution in [2.75, 3.05) is 19.8 Å². The van der Waals surface area contributed by atoms with Gasteiger partial charge in [-0.2, -0.15) is 0 Å². The van der Waals surface area contributed by atoms with E-state index in [4.69, 9.17) is 25.8 Å². The summed E-state index contributed by atoms with van der Waals surface area (Å²) in [6.07, 6.45) is 0. The Morgan fingerprint density at radius 1 is 1.04 bits per heavy atom. The first-order valence-electron chi connectivity index (χ1n) is 7.11. The van der Waals surface area contributed by atoms with E-state index in [0.29, 0.717) is 17.4 Å². The molecule has 0 spiro atoms.